The lowest BCUT2D eigenvalue weighted by Crippen LogP contribution is -2.02. The Hall–Kier alpha value is -3.67. The zero-order chi connectivity index (χ0) is 24.4. The van der Waals surface area contributed by atoms with Gasteiger partial charge in [-0.2, -0.15) is 10.2 Å². The Bertz CT molecular complexity index is 1380. The SMILES string of the molecule is Cc1cc(F)c(F)c(N/N=C/c2cn(-c3ccc(C(=O)O)cc3)nc2-c2ccc(I)cc2)c1F. The van der Waals surface area contributed by atoms with Crippen LogP contribution in [0.1, 0.15) is 21.5 Å². The second kappa shape index (κ2) is 9.67. The highest BCUT2D eigenvalue weighted by molar-refractivity contribution is 14.1. The van der Waals surface area contributed by atoms with Crippen LogP contribution in [-0.2, 0) is 0 Å². The number of anilines is 1. The second-order valence-corrected chi connectivity index (χ2v) is 8.53. The van der Waals surface area contributed by atoms with Gasteiger partial charge in [-0.05, 0) is 77.5 Å². The minimum Gasteiger partial charge on any atom is -0.478 e. The van der Waals surface area contributed by atoms with Crippen LogP contribution >= 0.6 is 22.6 Å². The molecule has 0 aliphatic rings. The van der Waals surface area contributed by atoms with Crippen LogP contribution in [0.25, 0.3) is 16.9 Å². The third-order valence-corrected chi connectivity index (χ3v) is 5.68. The zero-order valence-corrected chi connectivity index (χ0v) is 19.7. The first-order chi connectivity index (χ1) is 16.2. The average molecular weight is 576 g/mol. The summed E-state index contributed by atoms with van der Waals surface area (Å²) in [5.41, 5.74) is 4.02. The molecule has 0 aliphatic heterocycles. The van der Waals surface area contributed by atoms with Crippen molar-refractivity contribution in [3.05, 3.63) is 98.5 Å². The number of aromatic carboxylic acids is 1. The number of hydrogen-bond acceptors (Lipinski definition) is 4. The fraction of sp³-hybridized carbons (Fsp3) is 0.0417. The van der Waals surface area contributed by atoms with E-state index < -0.39 is 29.1 Å². The van der Waals surface area contributed by atoms with Gasteiger partial charge < -0.3 is 5.11 Å². The minimum atomic E-state index is -1.37. The highest BCUT2D eigenvalue weighted by Gasteiger charge is 2.17. The molecule has 4 rings (SSSR count). The maximum Gasteiger partial charge on any atom is 0.335 e. The van der Waals surface area contributed by atoms with Crippen molar-refractivity contribution in [2.24, 2.45) is 5.10 Å². The lowest BCUT2D eigenvalue weighted by molar-refractivity contribution is 0.0697. The Balaban J connectivity index is 1.72. The van der Waals surface area contributed by atoms with Crippen LogP contribution in [0.15, 0.2) is 65.9 Å². The number of aryl methyl sites for hydroxylation is 1. The molecule has 3 aromatic carbocycles. The molecule has 0 aliphatic carbocycles. The molecule has 1 aromatic heterocycles. The summed E-state index contributed by atoms with van der Waals surface area (Å²) in [6, 6.07) is 14.4. The molecule has 0 saturated carbocycles. The molecule has 0 fully saturated rings. The van der Waals surface area contributed by atoms with Gasteiger partial charge in [0.1, 0.15) is 11.4 Å². The third kappa shape index (κ3) is 4.81. The summed E-state index contributed by atoms with van der Waals surface area (Å²) < 4.78 is 44.5. The van der Waals surface area contributed by atoms with Gasteiger partial charge in [0, 0.05) is 20.9 Å². The van der Waals surface area contributed by atoms with Crippen molar-refractivity contribution in [1.82, 2.24) is 9.78 Å². The van der Waals surface area contributed by atoms with Crippen LogP contribution in [0.4, 0.5) is 18.9 Å². The van der Waals surface area contributed by atoms with Gasteiger partial charge in [-0.15, -0.1) is 0 Å². The molecule has 0 spiro atoms. The predicted octanol–water partition coefficient (Wildman–Crippen LogP) is 6.01. The normalized spacial score (nSPS) is 11.2. The second-order valence-electron chi connectivity index (χ2n) is 7.28. The molecule has 0 atom stereocenters. The Morgan fingerprint density at radius 3 is 2.41 bits per heavy atom. The van der Waals surface area contributed by atoms with Gasteiger partial charge >= 0.3 is 5.97 Å². The third-order valence-electron chi connectivity index (χ3n) is 4.96. The molecule has 0 saturated heterocycles. The molecule has 10 heteroatoms. The number of hydrazone groups is 1. The molecule has 4 aromatic rings. The van der Waals surface area contributed by atoms with Crippen LogP contribution in [-0.4, -0.2) is 27.1 Å². The molecule has 1 heterocycles. The quantitative estimate of drug-likeness (QED) is 0.128. The summed E-state index contributed by atoms with van der Waals surface area (Å²) in [6.45, 7) is 1.32. The van der Waals surface area contributed by atoms with E-state index >= 15 is 0 Å². The summed E-state index contributed by atoms with van der Waals surface area (Å²) in [5, 5.41) is 17.6. The molecular weight excluding hydrogens is 560 g/mol. The van der Waals surface area contributed by atoms with Crippen molar-refractivity contribution in [1.29, 1.82) is 0 Å². The van der Waals surface area contributed by atoms with E-state index in [0.717, 1.165) is 15.2 Å². The first-order valence-corrected chi connectivity index (χ1v) is 10.9. The highest BCUT2D eigenvalue weighted by Crippen LogP contribution is 2.26. The first-order valence-electron chi connectivity index (χ1n) is 9.87. The summed E-state index contributed by atoms with van der Waals surface area (Å²) in [6.07, 6.45) is 2.96. The number of aromatic nitrogens is 2. The maximum absolute atomic E-state index is 14.3. The molecule has 0 radical (unpaired) electrons. The molecule has 172 valence electrons. The van der Waals surface area contributed by atoms with Gasteiger partial charge in [0.2, 0.25) is 0 Å². The number of hydrogen-bond donors (Lipinski definition) is 2. The smallest absolute Gasteiger partial charge is 0.335 e. The Morgan fingerprint density at radius 1 is 1.09 bits per heavy atom. The average Bonchev–Trinajstić information content (AvgIpc) is 3.24. The molecule has 2 N–H and O–H groups in total. The number of nitrogens with zero attached hydrogens (tertiary/aromatic N) is 3. The first kappa shape index (κ1) is 23.5. The topological polar surface area (TPSA) is 79.5 Å². The fourth-order valence-electron chi connectivity index (χ4n) is 3.20. The van der Waals surface area contributed by atoms with Gasteiger partial charge in [-0.1, -0.05) is 12.1 Å². The number of carboxylic acid groups (broad SMARTS) is 1. The maximum atomic E-state index is 14.3. The number of nitrogens with one attached hydrogen (secondary N) is 1. The van der Waals surface area contributed by atoms with E-state index in [0.29, 0.717) is 16.9 Å². The van der Waals surface area contributed by atoms with Crippen LogP contribution in [0.2, 0.25) is 0 Å². The van der Waals surface area contributed by atoms with Gasteiger partial charge in [-0.25, -0.2) is 22.6 Å². The van der Waals surface area contributed by atoms with E-state index in [1.165, 1.54) is 30.0 Å². The number of carboxylic acids is 1. The largest absolute Gasteiger partial charge is 0.478 e. The monoisotopic (exact) mass is 576 g/mol. The van der Waals surface area contributed by atoms with Gasteiger partial charge in [0.05, 0.1) is 17.5 Å². The number of benzene rings is 3. The minimum absolute atomic E-state index is 0.0613. The van der Waals surface area contributed by atoms with Crippen LogP contribution in [0.3, 0.4) is 0 Å². The summed E-state index contributed by atoms with van der Waals surface area (Å²) in [5.74, 6) is -4.54. The van der Waals surface area contributed by atoms with E-state index in [1.54, 1.807) is 18.3 Å². The van der Waals surface area contributed by atoms with Crippen molar-refractivity contribution < 1.29 is 23.1 Å². The Labute approximate surface area is 205 Å². The van der Waals surface area contributed by atoms with Crippen LogP contribution in [0.5, 0.6) is 0 Å². The summed E-state index contributed by atoms with van der Waals surface area (Å²) in [4.78, 5) is 11.1. The zero-order valence-electron chi connectivity index (χ0n) is 17.6. The van der Waals surface area contributed by atoms with E-state index in [1.807, 2.05) is 24.3 Å². The Kier molecular flexibility index (Phi) is 6.68. The summed E-state index contributed by atoms with van der Waals surface area (Å²) in [7, 11) is 0. The van der Waals surface area contributed by atoms with Crippen molar-refractivity contribution in [3.8, 4) is 16.9 Å². The van der Waals surface area contributed by atoms with Gasteiger partial charge in [0.15, 0.2) is 17.5 Å². The van der Waals surface area contributed by atoms with Gasteiger partial charge in [-0.3, -0.25) is 5.43 Å². The number of halogens is 4. The van der Waals surface area contributed by atoms with E-state index in [2.05, 4.69) is 38.2 Å². The van der Waals surface area contributed by atoms with E-state index in [-0.39, 0.29) is 11.1 Å². The van der Waals surface area contributed by atoms with E-state index in [9.17, 15) is 18.0 Å². The van der Waals surface area contributed by atoms with Crippen molar-refractivity contribution in [2.45, 2.75) is 6.92 Å². The lowest BCUT2D eigenvalue weighted by Gasteiger charge is -2.07. The summed E-state index contributed by atoms with van der Waals surface area (Å²) >= 11 is 2.18. The molecule has 34 heavy (non-hydrogen) atoms. The van der Waals surface area contributed by atoms with Crippen molar-refractivity contribution >= 4 is 40.5 Å². The molecular formula is C24H16F3IN4O2. The molecule has 0 unspecified atom stereocenters. The molecule has 0 amide bonds. The Morgan fingerprint density at radius 2 is 1.76 bits per heavy atom. The van der Waals surface area contributed by atoms with Crippen LogP contribution < -0.4 is 5.43 Å². The number of rotatable bonds is 6. The molecule has 6 nitrogen and oxygen atoms in total. The van der Waals surface area contributed by atoms with Crippen molar-refractivity contribution in [3.63, 3.8) is 0 Å². The molecule has 0 bridgehead atoms. The predicted molar refractivity (Wildman–Crippen MR) is 131 cm³/mol. The van der Waals surface area contributed by atoms with Crippen molar-refractivity contribution in [2.75, 3.05) is 5.43 Å². The standard InChI is InChI=1S/C24H16F3IN4O2/c1-13-10-19(25)21(27)23(20(13)26)30-29-11-16-12-32(18-8-4-15(5-9-18)24(33)34)31-22(16)14-2-6-17(28)7-3-14/h2-12,30H,1H3,(H,33,34)/b29-11+. The van der Waals surface area contributed by atoms with Crippen LogP contribution in [0, 0.1) is 27.9 Å². The highest BCUT2D eigenvalue weighted by atomic mass is 127. The van der Waals surface area contributed by atoms with E-state index in [4.69, 9.17) is 5.11 Å². The van der Waals surface area contributed by atoms with Gasteiger partial charge in [0.25, 0.3) is 0 Å². The fourth-order valence-corrected chi connectivity index (χ4v) is 3.56. The number of carbonyl (C=O) groups is 1. The lowest BCUT2D eigenvalue weighted by atomic mass is 10.1.